The average Bonchev–Trinajstić information content (AvgIpc) is 2.84. The van der Waals surface area contributed by atoms with Gasteiger partial charge in [0.2, 0.25) is 5.91 Å². The zero-order chi connectivity index (χ0) is 15.3. The van der Waals surface area contributed by atoms with Gasteiger partial charge in [-0.15, -0.1) is 0 Å². The smallest absolute Gasteiger partial charge is 0.224 e. The maximum Gasteiger partial charge on any atom is 0.224 e. The highest BCUT2D eigenvalue weighted by Crippen LogP contribution is 2.26. The van der Waals surface area contributed by atoms with Crippen molar-refractivity contribution in [2.24, 2.45) is 0 Å². The first kappa shape index (κ1) is 13.0. The molecule has 5 heteroatoms. The molecule has 0 spiro atoms. The van der Waals surface area contributed by atoms with Gasteiger partial charge in [-0.25, -0.2) is 9.97 Å². The Bertz CT molecular complexity index is 910. The second-order valence-corrected chi connectivity index (χ2v) is 5.65. The number of pyridine rings is 1. The van der Waals surface area contributed by atoms with Gasteiger partial charge in [-0.1, -0.05) is 12.1 Å². The van der Waals surface area contributed by atoms with E-state index in [1.807, 2.05) is 25.1 Å². The number of carbonyl (C=O) groups excluding carboxylic acids is 1. The summed E-state index contributed by atoms with van der Waals surface area (Å²) in [6, 6.07) is 10.0. The first-order chi connectivity index (χ1) is 10.6. The van der Waals surface area contributed by atoms with E-state index in [0.29, 0.717) is 12.8 Å². The van der Waals surface area contributed by atoms with Crippen LogP contribution >= 0.6 is 0 Å². The lowest BCUT2D eigenvalue weighted by atomic mass is 10.1. The number of aromatic nitrogens is 3. The van der Waals surface area contributed by atoms with Crippen LogP contribution in [0.3, 0.4) is 0 Å². The monoisotopic (exact) mass is 292 g/mol. The second kappa shape index (κ2) is 4.66. The molecule has 1 N–H and O–H groups in total. The average molecular weight is 292 g/mol. The SMILES string of the molecule is Cc1cccc2c1nc(C)n2-c1ccc2c(n1)CCC(=O)N2. The van der Waals surface area contributed by atoms with Crippen molar-refractivity contribution in [3.8, 4) is 5.82 Å². The summed E-state index contributed by atoms with van der Waals surface area (Å²) >= 11 is 0. The Balaban J connectivity index is 1.91. The molecule has 0 saturated heterocycles. The molecule has 0 radical (unpaired) electrons. The third-order valence-corrected chi connectivity index (χ3v) is 4.11. The number of carbonyl (C=O) groups is 1. The van der Waals surface area contributed by atoms with E-state index in [0.717, 1.165) is 39.6 Å². The maximum atomic E-state index is 11.5. The number of fused-ring (bicyclic) bond motifs is 2. The lowest BCUT2D eigenvalue weighted by molar-refractivity contribution is -0.116. The van der Waals surface area contributed by atoms with Crippen LogP contribution in [0.1, 0.15) is 23.5 Å². The van der Waals surface area contributed by atoms with Gasteiger partial charge in [-0.3, -0.25) is 9.36 Å². The maximum absolute atomic E-state index is 11.5. The number of rotatable bonds is 1. The fraction of sp³-hybridized carbons (Fsp3) is 0.235. The van der Waals surface area contributed by atoms with Gasteiger partial charge in [-0.2, -0.15) is 0 Å². The van der Waals surface area contributed by atoms with E-state index in [4.69, 9.17) is 4.98 Å². The highest BCUT2D eigenvalue weighted by Gasteiger charge is 2.18. The summed E-state index contributed by atoms with van der Waals surface area (Å²) in [7, 11) is 0. The normalized spacial score (nSPS) is 14.0. The predicted molar refractivity (Wildman–Crippen MR) is 85.3 cm³/mol. The molecule has 0 saturated carbocycles. The Hall–Kier alpha value is -2.69. The largest absolute Gasteiger partial charge is 0.324 e. The third-order valence-electron chi connectivity index (χ3n) is 4.11. The summed E-state index contributed by atoms with van der Waals surface area (Å²) < 4.78 is 2.07. The second-order valence-electron chi connectivity index (χ2n) is 5.65. The number of imidazole rings is 1. The minimum atomic E-state index is 0.0573. The van der Waals surface area contributed by atoms with E-state index in [1.54, 1.807) is 0 Å². The third kappa shape index (κ3) is 1.89. The highest BCUT2D eigenvalue weighted by molar-refractivity contribution is 5.93. The zero-order valence-corrected chi connectivity index (χ0v) is 12.6. The Morgan fingerprint density at radius 1 is 1.09 bits per heavy atom. The summed E-state index contributed by atoms with van der Waals surface area (Å²) in [5.74, 6) is 1.82. The molecule has 2 aromatic heterocycles. The van der Waals surface area contributed by atoms with E-state index in [1.165, 1.54) is 0 Å². The summed E-state index contributed by atoms with van der Waals surface area (Å²) in [5.41, 5.74) is 4.98. The molecule has 22 heavy (non-hydrogen) atoms. The molecule has 1 amide bonds. The van der Waals surface area contributed by atoms with Crippen molar-refractivity contribution in [1.29, 1.82) is 0 Å². The molecule has 1 aliphatic heterocycles. The van der Waals surface area contributed by atoms with E-state index in [9.17, 15) is 4.79 Å². The summed E-state index contributed by atoms with van der Waals surface area (Å²) in [6.45, 7) is 4.05. The summed E-state index contributed by atoms with van der Waals surface area (Å²) in [4.78, 5) is 20.9. The van der Waals surface area contributed by atoms with Crippen molar-refractivity contribution < 1.29 is 4.79 Å². The van der Waals surface area contributed by atoms with Crippen molar-refractivity contribution in [2.45, 2.75) is 26.7 Å². The van der Waals surface area contributed by atoms with Crippen molar-refractivity contribution in [3.05, 3.63) is 47.4 Å². The summed E-state index contributed by atoms with van der Waals surface area (Å²) in [6.07, 6.45) is 1.17. The number of para-hydroxylation sites is 1. The number of benzene rings is 1. The Kier molecular flexibility index (Phi) is 2.76. The number of anilines is 1. The van der Waals surface area contributed by atoms with Crippen LogP contribution in [0.25, 0.3) is 16.9 Å². The molecule has 0 unspecified atom stereocenters. The van der Waals surface area contributed by atoms with Crippen LogP contribution in [0.15, 0.2) is 30.3 Å². The fourth-order valence-corrected chi connectivity index (χ4v) is 3.01. The van der Waals surface area contributed by atoms with Gasteiger partial charge in [-0.05, 0) is 37.6 Å². The minimum Gasteiger partial charge on any atom is -0.324 e. The van der Waals surface area contributed by atoms with E-state index < -0.39 is 0 Å². The van der Waals surface area contributed by atoms with E-state index >= 15 is 0 Å². The van der Waals surface area contributed by atoms with E-state index in [-0.39, 0.29) is 5.91 Å². The molecule has 1 aliphatic rings. The molecule has 0 fully saturated rings. The number of hydrogen-bond donors (Lipinski definition) is 1. The molecule has 1 aromatic carbocycles. The topological polar surface area (TPSA) is 59.8 Å². The lowest BCUT2D eigenvalue weighted by Crippen LogP contribution is -2.20. The Labute approximate surface area is 128 Å². The standard InChI is InChI=1S/C17H16N4O/c1-10-4-3-5-14-17(10)18-11(2)21(14)15-8-6-13-12(19-15)7-9-16(22)20-13/h3-6,8H,7,9H2,1-2H3,(H,20,22). The number of hydrogen-bond acceptors (Lipinski definition) is 3. The number of nitrogens with one attached hydrogen (secondary N) is 1. The molecule has 0 aliphatic carbocycles. The van der Waals surface area contributed by atoms with Crippen LogP contribution in [0.5, 0.6) is 0 Å². The van der Waals surface area contributed by atoms with Crippen LogP contribution in [0.2, 0.25) is 0 Å². The molecule has 3 heterocycles. The van der Waals surface area contributed by atoms with Crippen LogP contribution in [0.4, 0.5) is 5.69 Å². The quantitative estimate of drug-likeness (QED) is 0.750. The zero-order valence-electron chi connectivity index (χ0n) is 12.6. The highest BCUT2D eigenvalue weighted by atomic mass is 16.1. The van der Waals surface area contributed by atoms with Gasteiger partial charge in [0, 0.05) is 12.8 Å². The first-order valence-corrected chi connectivity index (χ1v) is 7.38. The molecular formula is C17H16N4O. The molecule has 110 valence electrons. The first-order valence-electron chi connectivity index (χ1n) is 7.38. The van der Waals surface area contributed by atoms with Gasteiger partial charge < -0.3 is 5.32 Å². The molecule has 0 atom stereocenters. The van der Waals surface area contributed by atoms with Crippen LogP contribution < -0.4 is 5.32 Å². The van der Waals surface area contributed by atoms with E-state index in [2.05, 4.69) is 33.9 Å². The molecule has 4 rings (SSSR count). The molecular weight excluding hydrogens is 276 g/mol. The Morgan fingerprint density at radius 2 is 1.95 bits per heavy atom. The predicted octanol–water partition coefficient (Wildman–Crippen LogP) is 2.92. The van der Waals surface area contributed by atoms with Crippen molar-refractivity contribution in [3.63, 3.8) is 0 Å². The molecule has 5 nitrogen and oxygen atoms in total. The van der Waals surface area contributed by atoms with Crippen LogP contribution in [-0.2, 0) is 11.2 Å². The van der Waals surface area contributed by atoms with Gasteiger partial charge in [0.25, 0.3) is 0 Å². The molecule has 0 bridgehead atoms. The number of nitrogens with zero attached hydrogens (tertiary/aromatic N) is 3. The van der Waals surface area contributed by atoms with Crippen LogP contribution in [0, 0.1) is 13.8 Å². The molecule has 3 aromatic rings. The van der Waals surface area contributed by atoms with Gasteiger partial charge in [0.15, 0.2) is 0 Å². The van der Waals surface area contributed by atoms with Crippen LogP contribution in [-0.4, -0.2) is 20.4 Å². The van der Waals surface area contributed by atoms with Gasteiger partial charge in [0.05, 0.1) is 22.4 Å². The number of aryl methyl sites for hydroxylation is 3. The summed E-state index contributed by atoms with van der Waals surface area (Å²) in [5, 5.41) is 2.87. The Morgan fingerprint density at radius 3 is 2.82 bits per heavy atom. The fourth-order valence-electron chi connectivity index (χ4n) is 3.01. The van der Waals surface area contributed by atoms with Gasteiger partial charge in [0.1, 0.15) is 11.6 Å². The van der Waals surface area contributed by atoms with Gasteiger partial charge >= 0.3 is 0 Å². The number of amides is 1. The van der Waals surface area contributed by atoms with Crippen molar-refractivity contribution in [1.82, 2.24) is 14.5 Å². The van der Waals surface area contributed by atoms with Crippen molar-refractivity contribution in [2.75, 3.05) is 5.32 Å². The minimum absolute atomic E-state index is 0.0573. The lowest BCUT2D eigenvalue weighted by Gasteiger charge is -2.17. The van der Waals surface area contributed by atoms with Crippen molar-refractivity contribution >= 4 is 22.6 Å².